The Morgan fingerprint density at radius 2 is 1.48 bits per heavy atom. The molecule has 0 spiro atoms. The largest absolute Gasteiger partial charge is 0.525 e. The van der Waals surface area contributed by atoms with Gasteiger partial charge in [-0.15, -0.1) is 0 Å². The van der Waals surface area contributed by atoms with E-state index in [9.17, 15) is 0 Å². The molecule has 0 radical (unpaired) electrons. The van der Waals surface area contributed by atoms with E-state index in [1.807, 2.05) is 43.3 Å². The number of hydrogen-bond acceptors (Lipinski definition) is 5. The first-order chi connectivity index (χ1) is 10.2. The van der Waals surface area contributed by atoms with E-state index < -0.39 is 10.0 Å². The van der Waals surface area contributed by atoms with Crippen molar-refractivity contribution in [2.24, 2.45) is 5.73 Å². The van der Waals surface area contributed by atoms with Crippen LogP contribution < -0.4 is 20.6 Å². The summed E-state index contributed by atoms with van der Waals surface area (Å²) in [5.74, 6) is 2.26. The van der Waals surface area contributed by atoms with Gasteiger partial charge in [0.1, 0.15) is 17.2 Å². The van der Waals surface area contributed by atoms with Gasteiger partial charge in [0.15, 0.2) is 0 Å². The van der Waals surface area contributed by atoms with Crippen LogP contribution in [0.3, 0.4) is 0 Å². The molecule has 21 heavy (non-hydrogen) atoms. The molecule has 0 aliphatic heterocycles. The predicted molar refractivity (Wildman–Crippen MR) is 86.1 cm³/mol. The lowest BCUT2D eigenvalue weighted by atomic mass is 10.3. The quantitative estimate of drug-likeness (QED) is 0.602. The number of ether oxygens (including phenoxy) is 1. The molecule has 0 aliphatic rings. The number of benzene rings is 2. The van der Waals surface area contributed by atoms with Gasteiger partial charge >= 0.3 is 10.0 Å². The van der Waals surface area contributed by atoms with Crippen molar-refractivity contribution in [3.05, 3.63) is 48.5 Å². The molecular weight excluding hydrogens is 284 g/mol. The summed E-state index contributed by atoms with van der Waals surface area (Å²) >= 11 is 0. The van der Waals surface area contributed by atoms with Crippen LogP contribution in [0.4, 0.5) is 5.69 Å². The van der Waals surface area contributed by atoms with Crippen molar-refractivity contribution in [3.63, 3.8) is 0 Å². The fourth-order valence-corrected chi connectivity index (χ4v) is 2.33. The van der Waals surface area contributed by atoms with E-state index in [-0.39, 0.29) is 6.10 Å². The number of anilines is 1. The van der Waals surface area contributed by atoms with Crippen molar-refractivity contribution in [2.75, 3.05) is 12.3 Å². The van der Waals surface area contributed by atoms with Crippen LogP contribution in [0.15, 0.2) is 48.5 Å². The van der Waals surface area contributed by atoms with Crippen LogP contribution in [0.5, 0.6) is 17.2 Å². The number of nitrogens with two attached hydrogens (primary N) is 2. The van der Waals surface area contributed by atoms with E-state index in [0.29, 0.717) is 12.2 Å². The van der Waals surface area contributed by atoms with Gasteiger partial charge in [-0.3, -0.25) is 0 Å². The van der Waals surface area contributed by atoms with E-state index in [2.05, 4.69) is 0 Å². The average Bonchev–Trinajstić information content (AvgIpc) is 2.51. The molecule has 0 saturated heterocycles. The Labute approximate surface area is 126 Å². The second-order valence-corrected chi connectivity index (χ2v) is 5.48. The fraction of sp³-hybridized carbons (Fsp3) is 0.200. The molecule has 1 unspecified atom stereocenters. The van der Waals surface area contributed by atoms with Gasteiger partial charge in [0.2, 0.25) is 0 Å². The predicted octanol–water partition coefficient (Wildman–Crippen LogP) is 1.80. The average molecular weight is 304 g/mol. The Morgan fingerprint density at radius 3 is 2.05 bits per heavy atom. The molecule has 112 valence electrons. The first kappa shape index (κ1) is 15.4. The summed E-state index contributed by atoms with van der Waals surface area (Å²) < 4.78 is 16.8. The molecule has 4 N–H and O–H groups in total. The summed E-state index contributed by atoms with van der Waals surface area (Å²) in [6.07, 6.45) is 0.0461. The van der Waals surface area contributed by atoms with Crippen molar-refractivity contribution in [1.82, 2.24) is 0 Å². The highest BCUT2D eigenvalue weighted by Crippen LogP contribution is 2.24. The summed E-state index contributed by atoms with van der Waals surface area (Å²) in [5, 5.41) is 0. The normalized spacial score (nSPS) is 12.5. The zero-order valence-electron chi connectivity index (χ0n) is 12.0. The van der Waals surface area contributed by atoms with E-state index in [1.165, 1.54) is 0 Å². The molecule has 1 atom stereocenters. The Morgan fingerprint density at radius 1 is 0.952 bits per heavy atom. The lowest BCUT2D eigenvalue weighted by Crippen LogP contribution is -2.24. The third-order valence-electron chi connectivity index (χ3n) is 2.85. The van der Waals surface area contributed by atoms with Gasteiger partial charge in [-0.1, -0.05) is 0 Å². The minimum absolute atomic E-state index is 0.0461. The van der Waals surface area contributed by atoms with Gasteiger partial charge < -0.3 is 25.1 Å². The smallest absolute Gasteiger partial charge is 0.366 e. The molecule has 6 heteroatoms. The van der Waals surface area contributed by atoms with Crippen LogP contribution in [0, 0.1) is 0 Å². The van der Waals surface area contributed by atoms with Crippen molar-refractivity contribution in [1.29, 1.82) is 0 Å². The molecule has 0 aliphatic carbocycles. The van der Waals surface area contributed by atoms with Crippen molar-refractivity contribution >= 4 is 15.7 Å². The van der Waals surface area contributed by atoms with E-state index in [4.69, 9.17) is 25.1 Å². The van der Waals surface area contributed by atoms with Gasteiger partial charge in [-0.25, -0.2) is 0 Å². The van der Waals surface area contributed by atoms with Gasteiger partial charge in [0.25, 0.3) is 0 Å². The highest BCUT2D eigenvalue weighted by molar-refractivity contribution is 6.19. The van der Waals surface area contributed by atoms with Crippen LogP contribution in [-0.4, -0.2) is 22.7 Å². The Bertz CT molecular complexity index is 546. The molecular formula is C15H20N2O3Si. The number of nitrogen functional groups attached to an aromatic ring is 1. The maximum absolute atomic E-state index is 5.70. The summed E-state index contributed by atoms with van der Waals surface area (Å²) in [5.41, 5.74) is 11.8. The molecule has 2 rings (SSSR count). The molecule has 5 nitrogen and oxygen atoms in total. The SMILES string of the molecule is CC(CN)O[SiH2]Oc1ccc(Oc2ccc(N)cc2)cc1. The first-order valence-electron chi connectivity index (χ1n) is 6.75. The minimum Gasteiger partial charge on any atom is -0.525 e. The minimum atomic E-state index is -1.05. The van der Waals surface area contributed by atoms with Crippen molar-refractivity contribution in [2.45, 2.75) is 13.0 Å². The molecule has 0 bridgehead atoms. The van der Waals surface area contributed by atoms with E-state index >= 15 is 0 Å². The van der Waals surface area contributed by atoms with Crippen molar-refractivity contribution < 1.29 is 13.6 Å². The summed E-state index contributed by atoms with van der Waals surface area (Å²) in [6.45, 7) is 2.44. The Kier molecular flexibility index (Phi) is 5.62. The maximum atomic E-state index is 5.70. The fourth-order valence-electron chi connectivity index (χ4n) is 1.56. The molecule has 0 fully saturated rings. The van der Waals surface area contributed by atoms with Crippen LogP contribution in [0.2, 0.25) is 0 Å². The number of rotatable bonds is 7. The molecule has 0 aromatic heterocycles. The Hall–Kier alpha value is -2.02. The molecule has 2 aromatic rings. The summed E-state index contributed by atoms with van der Waals surface area (Å²) in [4.78, 5) is 0. The summed E-state index contributed by atoms with van der Waals surface area (Å²) in [6, 6.07) is 14.7. The van der Waals surface area contributed by atoms with Crippen LogP contribution in [0.1, 0.15) is 6.92 Å². The highest BCUT2D eigenvalue weighted by atomic mass is 28.3. The third-order valence-corrected chi connectivity index (χ3v) is 4.01. The van der Waals surface area contributed by atoms with Gasteiger partial charge in [-0.2, -0.15) is 0 Å². The second kappa shape index (κ2) is 7.68. The molecule has 2 aromatic carbocycles. The van der Waals surface area contributed by atoms with Gasteiger partial charge in [0, 0.05) is 12.2 Å². The van der Waals surface area contributed by atoms with E-state index in [1.54, 1.807) is 12.1 Å². The second-order valence-electron chi connectivity index (χ2n) is 4.62. The van der Waals surface area contributed by atoms with Gasteiger partial charge in [0.05, 0.1) is 6.10 Å². The standard InChI is InChI=1S/C15H20N2O3Si/c1-11(10-16)19-21-20-15-8-6-14(7-9-15)18-13-4-2-12(17)3-5-13/h2-9,11H,10,16-17,21H2,1H3. The Balaban J connectivity index is 1.85. The lowest BCUT2D eigenvalue weighted by molar-refractivity contribution is 0.211. The highest BCUT2D eigenvalue weighted by Gasteiger charge is 2.01. The van der Waals surface area contributed by atoms with E-state index in [0.717, 1.165) is 17.2 Å². The molecule has 0 saturated carbocycles. The maximum Gasteiger partial charge on any atom is 0.366 e. The van der Waals surface area contributed by atoms with Crippen LogP contribution in [0.25, 0.3) is 0 Å². The topological polar surface area (TPSA) is 79.7 Å². The first-order valence-corrected chi connectivity index (χ1v) is 7.91. The summed E-state index contributed by atoms with van der Waals surface area (Å²) in [7, 11) is -1.05. The zero-order chi connectivity index (χ0) is 15.1. The number of hydrogen-bond donors (Lipinski definition) is 2. The molecule has 0 amide bonds. The monoisotopic (exact) mass is 304 g/mol. The van der Waals surface area contributed by atoms with Crippen molar-refractivity contribution in [3.8, 4) is 17.2 Å². The zero-order valence-corrected chi connectivity index (χ0v) is 13.4. The van der Waals surface area contributed by atoms with Crippen LogP contribution >= 0.6 is 0 Å². The lowest BCUT2D eigenvalue weighted by Gasteiger charge is -2.12. The third kappa shape index (κ3) is 5.11. The van der Waals surface area contributed by atoms with Gasteiger partial charge in [-0.05, 0) is 55.5 Å². The van der Waals surface area contributed by atoms with Crippen LogP contribution in [-0.2, 0) is 4.43 Å². The molecule has 0 heterocycles.